The molecule has 0 amide bonds. The average Bonchev–Trinajstić information content (AvgIpc) is 3.03. The molecule has 0 aliphatic carbocycles. The van der Waals surface area contributed by atoms with Crippen LogP contribution in [0.1, 0.15) is 5.01 Å². The second kappa shape index (κ2) is 8.33. The van der Waals surface area contributed by atoms with Crippen molar-refractivity contribution < 1.29 is 8.42 Å². The van der Waals surface area contributed by atoms with Crippen molar-refractivity contribution in [2.45, 2.75) is 11.3 Å². The minimum Gasteiger partial charge on any atom is -0.265 e. The van der Waals surface area contributed by atoms with E-state index in [0.717, 1.165) is 16.3 Å². The molecule has 5 nitrogen and oxygen atoms in total. The molecule has 0 saturated heterocycles. The summed E-state index contributed by atoms with van der Waals surface area (Å²) < 4.78 is 28.1. The Morgan fingerprint density at radius 1 is 1.15 bits per heavy atom. The molecular weight excluding hydrogens is 481 g/mol. The lowest BCUT2D eigenvalue weighted by Gasteiger charge is -2.10. The number of nitrogens with zero attached hydrogens (tertiary/aromatic N) is 2. The quantitative estimate of drug-likeness (QED) is 0.536. The average molecular weight is 493 g/mol. The molecule has 0 fully saturated rings. The molecule has 1 aromatic carbocycles. The van der Waals surface area contributed by atoms with Crippen molar-refractivity contribution in [2.75, 3.05) is 6.54 Å². The molecule has 3 rings (SSSR count). The van der Waals surface area contributed by atoms with Gasteiger partial charge in [0.25, 0.3) is 0 Å². The number of hydrogen-bond acceptors (Lipinski definition) is 5. The van der Waals surface area contributed by atoms with Gasteiger partial charge in [-0.1, -0.05) is 39.1 Å². The van der Waals surface area contributed by atoms with Crippen LogP contribution < -0.4 is 4.72 Å². The van der Waals surface area contributed by atoms with Gasteiger partial charge in [-0.3, -0.25) is 4.98 Å². The Kier molecular flexibility index (Phi) is 6.32. The Labute approximate surface area is 173 Å². The van der Waals surface area contributed by atoms with Crippen molar-refractivity contribution in [1.82, 2.24) is 14.7 Å². The van der Waals surface area contributed by atoms with Gasteiger partial charge in [0.2, 0.25) is 10.0 Å². The Balaban J connectivity index is 1.68. The lowest BCUT2D eigenvalue weighted by atomic mass is 10.2. The first-order chi connectivity index (χ1) is 12.4. The van der Waals surface area contributed by atoms with E-state index in [9.17, 15) is 8.42 Å². The van der Waals surface area contributed by atoms with Crippen LogP contribution in [0.5, 0.6) is 0 Å². The number of pyridine rings is 1. The van der Waals surface area contributed by atoms with Gasteiger partial charge < -0.3 is 0 Å². The first-order valence-corrected chi connectivity index (χ1v) is 11.3. The molecule has 26 heavy (non-hydrogen) atoms. The number of rotatable bonds is 6. The summed E-state index contributed by atoms with van der Waals surface area (Å²) in [5.41, 5.74) is 1.81. The van der Waals surface area contributed by atoms with E-state index in [0.29, 0.717) is 10.9 Å². The molecule has 2 heterocycles. The zero-order chi connectivity index (χ0) is 18.7. The largest absolute Gasteiger partial charge is 0.265 e. The van der Waals surface area contributed by atoms with Crippen LogP contribution in [-0.4, -0.2) is 24.9 Å². The summed E-state index contributed by atoms with van der Waals surface area (Å²) in [6.45, 7) is 0.189. The lowest BCUT2D eigenvalue weighted by Crippen LogP contribution is -2.26. The van der Waals surface area contributed by atoms with E-state index in [2.05, 4.69) is 30.6 Å². The Morgan fingerprint density at radius 3 is 2.46 bits per heavy atom. The van der Waals surface area contributed by atoms with Crippen LogP contribution in [-0.2, 0) is 16.4 Å². The van der Waals surface area contributed by atoms with E-state index in [1.807, 2.05) is 17.5 Å². The lowest BCUT2D eigenvalue weighted by molar-refractivity contribution is 0.581. The van der Waals surface area contributed by atoms with Crippen molar-refractivity contribution >= 4 is 60.5 Å². The number of thiazole rings is 1. The maximum absolute atomic E-state index is 12.5. The number of sulfonamides is 1. The van der Waals surface area contributed by atoms with E-state index in [1.54, 1.807) is 12.4 Å². The second-order valence-corrected chi connectivity index (χ2v) is 9.59. The van der Waals surface area contributed by atoms with Gasteiger partial charge in [-0.05, 0) is 24.3 Å². The predicted octanol–water partition coefficient (Wildman–Crippen LogP) is 4.80. The SMILES string of the molecule is O=S(=O)(NCCc1nc(-c2ccncc2)cs1)c1c(Cl)cc(Br)cc1Cl. The van der Waals surface area contributed by atoms with Crippen LogP contribution in [0.3, 0.4) is 0 Å². The molecule has 10 heteroatoms. The van der Waals surface area contributed by atoms with Crippen molar-refractivity contribution in [3.8, 4) is 11.3 Å². The Bertz CT molecular complexity index is 1000. The van der Waals surface area contributed by atoms with Crippen molar-refractivity contribution in [3.05, 3.63) is 61.6 Å². The highest BCUT2D eigenvalue weighted by Gasteiger charge is 2.22. The fraction of sp³-hybridized carbons (Fsp3) is 0.125. The van der Waals surface area contributed by atoms with Gasteiger partial charge >= 0.3 is 0 Å². The van der Waals surface area contributed by atoms with Gasteiger partial charge in [0.1, 0.15) is 4.90 Å². The molecule has 0 bridgehead atoms. The van der Waals surface area contributed by atoms with Gasteiger partial charge in [0.05, 0.1) is 20.7 Å². The van der Waals surface area contributed by atoms with E-state index < -0.39 is 10.0 Å². The molecule has 0 radical (unpaired) electrons. The molecule has 0 aliphatic heterocycles. The van der Waals surface area contributed by atoms with E-state index in [1.165, 1.54) is 23.5 Å². The first-order valence-electron chi connectivity index (χ1n) is 7.36. The normalized spacial score (nSPS) is 11.7. The van der Waals surface area contributed by atoms with Crippen LogP contribution in [0.4, 0.5) is 0 Å². The molecule has 1 N–H and O–H groups in total. The van der Waals surface area contributed by atoms with Gasteiger partial charge in [0, 0.05) is 40.8 Å². The number of aromatic nitrogens is 2. The third kappa shape index (κ3) is 4.62. The summed E-state index contributed by atoms with van der Waals surface area (Å²) in [6.07, 6.45) is 3.86. The van der Waals surface area contributed by atoms with Gasteiger partial charge in [-0.15, -0.1) is 11.3 Å². The molecule has 0 unspecified atom stereocenters. The maximum Gasteiger partial charge on any atom is 0.243 e. The highest BCUT2D eigenvalue weighted by Crippen LogP contribution is 2.32. The topological polar surface area (TPSA) is 72.0 Å². The number of halogens is 3. The monoisotopic (exact) mass is 491 g/mol. The van der Waals surface area contributed by atoms with Gasteiger partial charge in [-0.2, -0.15) is 0 Å². The fourth-order valence-corrected chi connectivity index (χ4v) is 6.00. The van der Waals surface area contributed by atoms with Crippen LogP contribution in [0, 0.1) is 0 Å². The van der Waals surface area contributed by atoms with E-state index >= 15 is 0 Å². The number of hydrogen-bond donors (Lipinski definition) is 1. The summed E-state index contributed by atoms with van der Waals surface area (Å²) in [4.78, 5) is 8.37. The molecule has 0 atom stereocenters. The zero-order valence-electron chi connectivity index (χ0n) is 13.1. The molecule has 0 spiro atoms. The zero-order valence-corrected chi connectivity index (χ0v) is 17.8. The molecule has 0 saturated carbocycles. The summed E-state index contributed by atoms with van der Waals surface area (Å²) in [5.74, 6) is 0. The number of benzene rings is 1. The van der Waals surface area contributed by atoms with Crippen LogP contribution in [0.25, 0.3) is 11.3 Å². The summed E-state index contributed by atoms with van der Waals surface area (Å²) in [7, 11) is -3.82. The summed E-state index contributed by atoms with van der Waals surface area (Å²) in [5, 5.41) is 2.88. The second-order valence-electron chi connectivity index (χ2n) is 5.21. The molecule has 136 valence electrons. The van der Waals surface area contributed by atoms with Gasteiger partial charge in [0.15, 0.2) is 0 Å². The maximum atomic E-state index is 12.5. The van der Waals surface area contributed by atoms with Crippen molar-refractivity contribution in [2.24, 2.45) is 0 Å². The molecular formula is C16H12BrCl2N3O2S2. The minimum absolute atomic E-state index is 0.0612. The van der Waals surface area contributed by atoms with Crippen LogP contribution in [0.15, 0.2) is 51.4 Å². The Morgan fingerprint density at radius 2 is 1.81 bits per heavy atom. The highest BCUT2D eigenvalue weighted by atomic mass is 79.9. The molecule has 2 aromatic heterocycles. The first kappa shape index (κ1) is 19.7. The third-order valence-electron chi connectivity index (χ3n) is 3.39. The Hall–Kier alpha value is -1.03. The summed E-state index contributed by atoms with van der Waals surface area (Å²) in [6, 6.07) is 6.73. The fourth-order valence-electron chi connectivity index (χ4n) is 2.23. The third-order valence-corrected chi connectivity index (χ3v) is 7.14. The predicted molar refractivity (Wildman–Crippen MR) is 108 cm³/mol. The smallest absolute Gasteiger partial charge is 0.243 e. The summed E-state index contributed by atoms with van der Waals surface area (Å²) >= 11 is 16.8. The number of nitrogens with one attached hydrogen (secondary N) is 1. The van der Waals surface area contributed by atoms with Crippen molar-refractivity contribution in [3.63, 3.8) is 0 Å². The molecule has 3 aromatic rings. The van der Waals surface area contributed by atoms with Crippen molar-refractivity contribution in [1.29, 1.82) is 0 Å². The van der Waals surface area contributed by atoms with Crippen LogP contribution in [0.2, 0.25) is 10.0 Å². The van der Waals surface area contributed by atoms with E-state index in [-0.39, 0.29) is 21.5 Å². The van der Waals surface area contributed by atoms with Crippen LogP contribution >= 0.6 is 50.5 Å². The van der Waals surface area contributed by atoms with Gasteiger partial charge in [-0.25, -0.2) is 18.1 Å². The minimum atomic E-state index is -3.82. The standard InChI is InChI=1S/C16H12BrCl2N3O2S2/c17-11-7-12(18)16(13(19)8-11)26(23,24)21-6-3-15-22-14(9-25-15)10-1-4-20-5-2-10/h1-2,4-5,7-9,21H,3,6H2. The van der Waals surface area contributed by atoms with E-state index in [4.69, 9.17) is 23.2 Å². The molecule has 0 aliphatic rings. The highest BCUT2D eigenvalue weighted by molar-refractivity contribution is 9.10.